The molecule has 1 amide bonds. The number of aromatic nitrogens is 1. The zero-order chi connectivity index (χ0) is 14.5. The molecule has 0 saturated carbocycles. The average Bonchev–Trinajstić information content (AvgIpc) is 2.88. The van der Waals surface area contributed by atoms with Gasteiger partial charge in [-0.2, -0.15) is 0 Å². The number of rotatable bonds is 5. The van der Waals surface area contributed by atoms with E-state index in [9.17, 15) is 4.79 Å². The van der Waals surface area contributed by atoms with Gasteiger partial charge in [-0.15, -0.1) is 0 Å². The quantitative estimate of drug-likeness (QED) is 0.872. The minimum atomic E-state index is -0.343. The maximum absolute atomic E-state index is 12.1. The molecule has 0 fully saturated rings. The molecule has 0 aliphatic carbocycles. The molecule has 0 radical (unpaired) electrons. The zero-order valence-electron chi connectivity index (χ0n) is 11.4. The Morgan fingerprint density at radius 3 is 2.95 bits per heavy atom. The van der Waals surface area contributed by atoms with Crippen molar-refractivity contribution < 1.29 is 14.1 Å². The van der Waals surface area contributed by atoms with Gasteiger partial charge in [-0.05, 0) is 18.6 Å². The largest absolute Gasteiger partial charge is 0.377 e. The van der Waals surface area contributed by atoms with E-state index in [-0.39, 0.29) is 24.2 Å². The number of para-hydroxylation sites is 1. The Balaban J connectivity index is 2.15. The second-order valence-electron chi connectivity index (χ2n) is 4.44. The van der Waals surface area contributed by atoms with Crippen molar-refractivity contribution in [1.82, 2.24) is 5.16 Å². The van der Waals surface area contributed by atoms with Crippen LogP contribution in [-0.2, 0) is 11.3 Å². The lowest BCUT2D eigenvalue weighted by Crippen LogP contribution is -2.16. The van der Waals surface area contributed by atoms with Crippen molar-refractivity contribution in [3.63, 3.8) is 0 Å². The number of nitrogens with zero attached hydrogens (tertiary/aromatic N) is 1. The molecule has 1 unspecified atom stereocenters. The molecular formula is C14H17N3O3. The first-order valence-electron chi connectivity index (χ1n) is 6.22. The van der Waals surface area contributed by atoms with Crippen LogP contribution in [-0.4, -0.2) is 18.2 Å². The van der Waals surface area contributed by atoms with Crippen LogP contribution in [0.3, 0.4) is 0 Å². The molecule has 20 heavy (non-hydrogen) atoms. The fraction of sp³-hybridized carbons (Fsp3) is 0.286. The number of hydrogen-bond acceptors (Lipinski definition) is 5. The van der Waals surface area contributed by atoms with Gasteiger partial charge in [-0.3, -0.25) is 4.79 Å². The molecule has 1 aromatic carbocycles. The molecule has 0 aliphatic rings. The van der Waals surface area contributed by atoms with Gasteiger partial charge in [-0.25, -0.2) is 0 Å². The summed E-state index contributed by atoms with van der Waals surface area (Å²) in [5, 5.41) is 6.49. The van der Waals surface area contributed by atoms with Crippen LogP contribution < -0.4 is 11.1 Å². The van der Waals surface area contributed by atoms with E-state index in [1.807, 2.05) is 25.1 Å². The van der Waals surface area contributed by atoms with Crippen LogP contribution in [0.4, 0.5) is 5.69 Å². The van der Waals surface area contributed by atoms with Crippen LogP contribution >= 0.6 is 0 Å². The van der Waals surface area contributed by atoms with Gasteiger partial charge in [0.1, 0.15) is 6.61 Å². The van der Waals surface area contributed by atoms with Crippen molar-refractivity contribution in [2.75, 3.05) is 12.4 Å². The number of carbonyl (C=O) groups is 1. The van der Waals surface area contributed by atoms with Crippen molar-refractivity contribution in [3.8, 4) is 0 Å². The summed E-state index contributed by atoms with van der Waals surface area (Å²) in [7, 11) is 1.54. The summed E-state index contributed by atoms with van der Waals surface area (Å²) in [6.07, 6.45) is 0. The van der Waals surface area contributed by atoms with Gasteiger partial charge >= 0.3 is 0 Å². The van der Waals surface area contributed by atoms with Gasteiger partial charge in [-0.1, -0.05) is 23.4 Å². The second kappa shape index (κ2) is 6.31. The highest BCUT2D eigenvalue weighted by Gasteiger charge is 2.15. The fourth-order valence-corrected chi connectivity index (χ4v) is 1.82. The van der Waals surface area contributed by atoms with E-state index in [0.29, 0.717) is 11.4 Å². The Hall–Kier alpha value is -2.18. The van der Waals surface area contributed by atoms with Crippen LogP contribution in [0.5, 0.6) is 0 Å². The highest BCUT2D eigenvalue weighted by molar-refractivity contribution is 6.03. The highest BCUT2D eigenvalue weighted by atomic mass is 16.5. The van der Waals surface area contributed by atoms with E-state index in [2.05, 4.69) is 10.5 Å². The molecule has 2 aromatic rings. The maximum Gasteiger partial charge on any atom is 0.277 e. The van der Waals surface area contributed by atoms with Crippen molar-refractivity contribution in [2.24, 2.45) is 5.73 Å². The van der Waals surface area contributed by atoms with Crippen LogP contribution in [0, 0.1) is 0 Å². The Morgan fingerprint density at radius 1 is 1.50 bits per heavy atom. The Labute approximate surface area is 116 Å². The lowest BCUT2D eigenvalue weighted by Gasteiger charge is -2.12. The summed E-state index contributed by atoms with van der Waals surface area (Å²) in [6, 6.07) is 8.76. The highest BCUT2D eigenvalue weighted by Crippen LogP contribution is 2.21. The molecule has 1 atom stereocenters. The van der Waals surface area contributed by atoms with Gasteiger partial charge in [0.05, 0.1) is 0 Å². The van der Waals surface area contributed by atoms with E-state index in [1.54, 1.807) is 19.2 Å². The van der Waals surface area contributed by atoms with Crippen molar-refractivity contribution >= 4 is 11.6 Å². The zero-order valence-corrected chi connectivity index (χ0v) is 11.4. The van der Waals surface area contributed by atoms with E-state index in [0.717, 1.165) is 5.56 Å². The van der Waals surface area contributed by atoms with E-state index >= 15 is 0 Å². The third kappa shape index (κ3) is 3.23. The van der Waals surface area contributed by atoms with Crippen LogP contribution in [0.15, 0.2) is 34.9 Å². The lowest BCUT2D eigenvalue weighted by molar-refractivity contribution is 0.101. The van der Waals surface area contributed by atoms with Gasteiger partial charge in [0.2, 0.25) is 0 Å². The predicted octanol–water partition coefficient (Wildman–Crippen LogP) is 2.09. The molecule has 0 bridgehead atoms. The third-order valence-electron chi connectivity index (χ3n) is 2.78. The normalized spacial score (nSPS) is 12.2. The van der Waals surface area contributed by atoms with Crippen LogP contribution in [0.2, 0.25) is 0 Å². The molecule has 1 heterocycles. The summed E-state index contributed by atoms with van der Waals surface area (Å²) in [5.74, 6) is 0.155. The van der Waals surface area contributed by atoms with Gasteiger partial charge < -0.3 is 20.3 Å². The smallest absolute Gasteiger partial charge is 0.277 e. The number of benzene rings is 1. The number of hydrogen-bond donors (Lipinski definition) is 2. The SMILES string of the molecule is COCc1cc(C(=O)Nc2ccccc2C(C)N)no1. The van der Waals surface area contributed by atoms with Crippen LogP contribution in [0.1, 0.15) is 34.8 Å². The van der Waals surface area contributed by atoms with Crippen molar-refractivity contribution in [3.05, 3.63) is 47.3 Å². The van der Waals surface area contributed by atoms with Crippen molar-refractivity contribution in [2.45, 2.75) is 19.6 Å². The predicted molar refractivity (Wildman–Crippen MR) is 74.2 cm³/mol. The first-order valence-corrected chi connectivity index (χ1v) is 6.22. The fourth-order valence-electron chi connectivity index (χ4n) is 1.82. The van der Waals surface area contributed by atoms with Gasteiger partial charge in [0.25, 0.3) is 5.91 Å². The number of ether oxygens (including phenoxy) is 1. The van der Waals surface area contributed by atoms with Crippen LogP contribution in [0.25, 0.3) is 0 Å². The molecule has 0 aliphatic heterocycles. The third-order valence-corrected chi connectivity index (χ3v) is 2.78. The summed E-state index contributed by atoms with van der Waals surface area (Å²) in [4.78, 5) is 12.1. The molecule has 2 rings (SSSR count). The molecule has 6 nitrogen and oxygen atoms in total. The number of anilines is 1. The molecule has 3 N–H and O–H groups in total. The molecule has 1 aromatic heterocycles. The Kier molecular flexibility index (Phi) is 4.49. The van der Waals surface area contributed by atoms with Crippen molar-refractivity contribution in [1.29, 1.82) is 0 Å². The summed E-state index contributed by atoms with van der Waals surface area (Å²) in [5.41, 5.74) is 7.61. The minimum absolute atomic E-state index is 0.173. The lowest BCUT2D eigenvalue weighted by atomic mass is 10.1. The number of amides is 1. The number of nitrogens with one attached hydrogen (secondary N) is 1. The molecule has 0 spiro atoms. The first-order chi connectivity index (χ1) is 9.61. The molecule has 106 valence electrons. The summed E-state index contributed by atoms with van der Waals surface area (Å²) in [6.45, 7) is 2.13. The number of carbonyl (C=O) groups excluding carboxylic acids is 1. The van der Waals surface area contributed by atoms with E-state index in [1.165, 1.54) is 0 Å². The summed E-state index contributed by atoms with van der Waals surface area (Å²) >= 11 is 0. The standard InChI is InChI=1S/C14H17N3O3/c1-9(15)11-5-3-4-6-12(11)16-14(18)13-7-10(8-19-2)20-17-13/h3-7,9H,8,15H2,1-2H3,(H,16,18). The minimum Gasteiger partial charge on any atom is -0.377 e. The monoisotopic (exact) mass is 275 g/mol. The van der Waals surface area contributed by atoms with Gasteiger partial charge in [0.15, 0.2) is 11.5 Å². The number of methoxy groups -OCH3 is 1. The summed E-state index contributed by atoms with van der Waals surface area (Å²) < 4.78 is 9.89. The molecule has 0 saturated heterocycles. The Bertz CT molecular complexity index is 593. The second-order valence-corrected chi connectivity index (χ2v) is 4.44. The topological polar surface area (TPSA) is 90.4 Å². The van der Waals surface area contributed by atoms with E-state index < -0.39 is 0 Å². The van der Waals surface area contributed by atoms with E-state index in [4.69, 9.17) is 15.0 Å². The molecule has 6 heteroatoms. The van der Waals surface area contributed by atoms with Gasteiger partial charge in [0, 0.05) is 24.9 Å². The maximum atomic E-state index is 12.1. The Morgan fingerprint density at radius 2 is 2.25 bits per heavy atom. The first kappa shape index (κ1) is 14.2. The number of nitrogens with two attached hydrogens (primary N) is 1. The average molecular weight is 275 g/mol. The molecular weight excluding hydrogens is 258 g/mol.